The Hall–Kier alpha value is -2.95. The quantitative estimate of drug-likeness (QED) is 0.564. The fourth-order valence-electron chi connectivity index (χ4n) is 5.55. The first-order chi connectivity index (χ1) is 17.4. The van der Waals surface area contributed by atoms with Crippen LogP contribution in [-0.4, -0.2) is 44.2 Å². The molecular formula is C26H32F2N4O4S. The number of carbonyl (C=O) groups is 1. The molecule has 200 valence electrons. The van der Waals surface area contributed by atoms with E-state index in [0.29, 0.717) is 22.4 Å². The zero-order valence-electron chi connectivity index (χ0n) is 20.8. The number of aromatic nitrogens is 1. The van der Waals surface area contributed by atoms with Crippen LogP contribution in [0.5, 0.6) is 0 Å². The minimum Gasteiger partial charge on any atom is -0.371 e. The first-order valence-corrected chi connectivity index (χ1v) is 14.6. The molecule has 1 aromatic heterocycles. The van der Waals surface area contributed by atoms with E-state index < -0.39 is 27.4 Å². The number of halogens is 2. The highest BCUT2D eigenvalue weighted by molar-refractivity contribution is 7.92. The van der Waals surface area contributed by atoms with Crippen molar-refractivity contribution in [3.05, 3.63) is 52.4 Å². The van der Waals surface area contributed by atoms with E-state index in [1.807, 2.05) is 0 Å². The molecule has 3 aliphatic rings. The van der Waals surface area contributed by atoms with Crippen molar-refractivity contribution in [2.45, 2.75) is 63.3 Å². The third kappa shape index (κ3) is 5.81. The second-order valence-electron chi connectivity index (χ2n) is 10.8. The first-order valence-electron chi connectivity index (χ1n) is 12.7. The van der Waals surface area contributed by atoms with Crippen molar-refractivity contribution in [1.29, 1.82) is 0 Å². The Morgan fingerprint density at radius 2 is 1.70 bits per heavy atom. The van der Waals surface area contributed by atoms with Crippen molar-refractivity contribution < 1.29 is 22.0 Å². The normalized spacial score (nSPS) is 21.0. The predicted octanol–water partition coefficient (Wildman–Crippen LogP) is 4.60. The standard InChI is InChI=1S/C26H32F2N4O4S/c1-37(35,36)30-18-4-5-20(22(17-18)31-15-12-25(10-11-25)13-16-31)23(33)29-21-3-2-14-32(24(21)34)19-6-8-26(27,28)9-7-19/h2-5,14,17,19,30H,6-13,15-16H2,1H3,(H,29,33). The fraction of sp³-hybridized carbons (Fsp3) is 0.538. The summed E-state index contributed by atoms with van der Waals surface area (Å²) in [5, 5.41) is 2.71. The van der Waals surface area contributed by atoms with Crippen LogP contribution in [0.4, 0.5) is 25.8 Å². The lowest BCUT2D eigenvalue weighted by atomic mass is 9.92. The van der Waals surface area contributed by atoms with E-state index in [0.717, 1.165) is 32.2 Å². The molecule has 2 aliphatic carbocycles. The van der Waals surface area contributed by atoms with Crippen LogP contribution in [0.15, 0.2) is 41.3 Å². The molecule has 2 aromatic rings. The maximum Gasteiger partial charge on any atom is 0.274 e. The topological polar surface area (TPSA) is 101 Å². The van der Waals surface area contributed by atoms with Crippen LogP contribution < -0.4 is 20.5 Å². The summed E-state index contributed by atoms with van der Waals surface area (Å²) >= 11 is 0. The van der Waals surface area contributed by atoms with Crippen LogP contribution in [0, 0.1) is 5.41 Å². The number of hydrogen-bond donors (Lipinski definition) is 2. The van der Waals surface area contributed by atoms with E-state index in [9.17, 15) is 26.8 Å². The second kappa shape index (κ2) is 9.41. The number of rotatable bonds is 6. The summed E-state index contributed by atoms with van der Waals surface area (Å²) < 4.78 is 54.7. The van der Waals surface area contributed by atoms with E-state index in [-0.39, 0.29) is 37.4 Å². The molecule has 0 unspecified atom stereocenters. The van der Waals surface area contributed by atoms with Gasteiger partial charge >= 0.3 is 0 Å². The lowest BCUT2D eigenvalue weighted by Crippen LogP contribution is -2.36. The van der Waals surface area contributed by atoms with E-state index >= 15 is 0 Å². The first kappa shape index (κ1) is 25.7. The van der Waals surface area contributed by atoms with Gasteiger partial charge in [0.25, 0.3) is 11.5 Å². The summed E-state index contributed by atoms with van der Waals surface area (Å²) in [6.07, 6.45) is 6.97. The SMILES string of the molecule is CS(=O)(=O)Nc1ccc(C(=O)Nc2cccn(C3CCC(F)(F)CC3)c2=O)c(N2CCC3(CC2)CC3)c1. The van der Waals surface area contributed by atoms with Crippen LogP contribution in [0.25, 0.3) is 0 Å². The van der Waals surface area contributed by atoms with Gasteiger partial charge in [-0.1, -0.05) is 0 Å². The van der Waals surface area contributed by atoms with Crippen molar-refractivity contribution in [2.24, 2.45) is 5.41 Å². The molecule has 1 aromatic carbocycles. The van der Waals surface area contributed by atoms with Crippen molar-refractivity contribution >= 4 is 33.0 Å². The average Bonchev–Trinajstić information content (AvgIpc) is 3.59. The van der Waals surface area contributed by atoms with Gasteiger partial charge in [0.1, 0.15) is 5.69 Å². The molecule has 1 amide bonds. The molecule has 37 heavy (non-hydrogen) atoms. The molecule has 3 fully saturated rings. The monoisotopic (exact) mass is 534 g/mol. The number of carbonyl (C=O) groups excluding carboxylic acids is 1. The number of alkyl halides is 2. The number of benzene rings is 1. The number of piperidine rings is 1. The predicted molar refractivity (Wildman–Crippen MR) is 139 cm³/mol. The van der Waals surface area contributed by atoms with Crippen LogP contribution in [-0.2, 0) is 10.0 Å². The highest BCUT2D eigenvalue weighted by Gasteiger charge is 2.44. The Balaban J connectivity index is 1.40. The number of sulfonamides is 1. The summed E-state index contributed by atoms with van der Waals surface area (Å²) in [7, 11) is -3.50. The number of amides is 1. The molecular weight excluding hydrogens is 502 g/mol. The maximum atomic E-state index is 13.6. The van der Waals surface area contributed by atoms with Gasteiger partial charge < -0.3 is 14.8 Å². The van der Waals surface area contributed by atoms with E-state index in [1.54, 1.807) is 24.4 Å². The third-order valence-electron chi connectivity index (χ3n) is 7.97. The molecule has 1 spiro atoms. The van der Waals surface area contributed by atoms with Gasteiger partial charge in [0.05, 0.1) is 23.2 Å². The molecule has 0 radical (unpaired) electrons. The van der Waals surface area contributed by atoms with Crippen LogP contribution in [0.3, 0.4) is 0 Å². The average molecular weight is 535 g/mol. The Kier molecular flexibility index (Phi) is 6.54. The molecule has 8 nitrogen and oxygen atoms in total. The molecule has 2 heterocycles. The zero-order valence-corrected chi connectivity index (χ0v) is 21.6. The molecule has 2 saturated carbocycles. The van der Waals surface area contributed by atoms with Gasteiger partial charge in [-0.2, -0.15) is 0 Å². The van der Waals surface area contributed by atoms with E-state index in [1.165, 1.54) is 29.5 Å². The van der Waals surface area contributed by atoms with Gasteiger partial charge in [0, 0.05) is 38.2 Å². The minimum absolute atomic E-state index is 0.0738. The molecule has 5 rings (SSSR count). The largest absolute Gasteiger partial charge is 0.371 e. The highest BCUT2D eigenvalue weighted by Crippen LogP contribution is 2.54. The molecule has 0 bridgehead atoms. The van der Waals surface area contributed by atoms with Crippen LogP contribution in [0.1, 0.15) is 67.8 Å². The summed E-state index contributed by atoms with van der Waals surface area (Å²) in [5.74, 6) is -3.19. The number of hydrogen-bond acceptors (Lipinski definition) is 5. The lowest BCUT2D eigenvalue weighted by Gasteiger charge is -2.35. The van der Waals surface area contributed by atoms with Crippen LogP contribution in [0.2, 0.25) is 0 Å². The third-order valence-corrected chi connectivity index (χ3v) is 8.58. The van der Waals surface area contributed by atoms with Gasteiger partial charge in [-0.15, -0.1) is 0 Å². The van der Waals surface area contributed by atoms with Crippen LogP contribution >= 0.6 is 0 Å². The smallest absolute Gasteiger partial charge is 0.274 e. The van der Waals surface area contributed by atoms with Crippen molar-refractivity contribution in [3.8, 4) is 0 Å². The van der Waals surface area contributed by atoms with Gasteiger partial charge in [0.2, 0.25) is 15.9 Å². The molecule has 2 N–H and O–H groups in total. The Labute approximate surface area is 215 Å². The summed E-state index contributed by atoms with van der Waals surface area (Å²) in [6, 6.07) is 7.53. The molecule has 0 atom stereocenters. The maximum absolute atomic E-state index is 13.6. The molecule has 1 aliphatic heterocycles. The van der Waals surface area contributed by atoms with E-state index in [4.69, 9.17) is 0 Å². The number of pyridine rings is 1. The summed E-state index contributed by atoms with van der Waals surface area (Å²) in [5.41, 5.74) is 1.35. The van der Waals surface area contributed by atoms with Crippen molar-refractivity contribution in [2.75, 3.05) is 34.3 Å². The fourth-order valence-corrected chi connectivity index (χ4v) is 6.10. The van der Waals surface area contributed by atoms with Gasteiger partial charge in [-0.05, 0) is 74.3 Å². The van der Waals surface area contributed by atoms with Crippen molar-refractivity contribution in [1.82, 2.24) is 4.57 Å². The van der Waals surface area contributed by atoms with E-state index in [2.05, 4.69) is 14.9 Å². The van der Waals surface area contributed by atoms with Gasteiger partial charge in [-0.3, -0.25) is 14.3 Å². The minimum atomic E-state index is -3.50. The Morgan fingerprint density at radius 1 is 1.03 bits per heavy atom. The highest BCUT2D eigenvalue weighted by atomic mass is 32.2. The number of anilines is 3. The lowest BCUT2D eigenvalue weighted by molar-refractivity contribution is -0.0442. The summed E-state index contributed by atoms with van der Waals surface area (Å²) in [6.45, 7) is 1.51. The second-order valence-corrected chi connectivity index (χ2v) is 12.5. The zero-order chi connectivity index (χ0) is 26.4. The van der Waals surface area contributed by atoms with Gasteiger partial charge in [0.15, 0.2) is 0 Å². The van der Waals surface area contributed by atoms with Gasteiger partial charge in [-0.25, -0.2) is 17.2 Å². The Morgan fingerprint density at radius 3 is 2.32 bits per heavy atom. The number of nitrogens with zero attached hydrogens (tertiary/aromatic N) is 2. The van der Waals surface area contributed by atoms with Crippen molar-refractivity contribution in [3.63, 3.8) is 0 Å². The number of nitrogens with one attached hydrogen (secondary N) is 2. The Bertz CT molecular complexity index is 1350. The summed E-state index contributed by atoms with van der Waals surface area (Å²) in [4.78, 5) is 28.7. The molecule has 11 heteroatoms. The molecule has 1 saturated heterocycles.